The van der Waals surface area contributed by atoms with Crippen LogP contribution >= 0.6 is 0 Å². The van der Waals surface area contributed by atoms with Crippen molar-refractivity contribution in [1.29, 1.82) is 0 Å². The number of hydrogen-bond acceptors (Lipinski definition) is 4. The molecule has 0 bridgehead atoms. The predicted octanol–water partition coefficient (Wildman–Crippen LogP) is 1.89. The topological polar surface area (TPSA) is 97.1 Å². The Morgan fingerprint density at radius 2 is 2.00 bits per heavy atom. The fourth-order valence-electron chi connectivity index (χ4n) is 2.18. The molecule has 0 aliphatic carbocycles. The van der Waals surface area contributed by atoms with E-state index in [1.807, 2.05) is 24.3 Å². The molecule has 122 valence electrons. The van der Waals surface area contributed by atoms with Gasteiger partial charge in [-0.3, -0.25) is 9.59 Å². The first-order chi connectivity index (χ1) is 11.1. The Balaban J connectivity index is 1.92. The van der Waals surface area contributed by atoms with Crippen LogP contribution in [0, 0.1) is 0 Å². The van der Waals surface area contributed by atoms with Crippen molar-refractivity contribution < 1.29 is 14.7 Å². The quantitative estimate of drug-likeness (QED) is 0.775. The van der Waals surface area contributed by atoms with E-state index in [0.29, 0.717) is 11.4 Å². The van der Waals surface area contributed by atoms with Crippen molar-refractivity contribution in [2.45, 2.75) is 39.2 Å². The molecule has 0 unspecified atom stereocenters. The van der Waals surface area contributed by atoms with Crippen molar-refractivity contribution in [3.63, 3.8) is 0 Å². The summed E-state index contributed by atoms with van der Waals surface area (Å²) in [5.74, 6) is -1.26. The molecule has 0 aliphatic heterocycles. The van der Waals surface area contributed by atoms with Crippen LogP contribution < -0.4 is 5.32 Å². The number of anilines is 1. The van der Waals surface area contributed by atoms with Gasteiger partial charge in [0.1, 0.15) is 6.54 Å². The van der Waals surface area contributed by atoms with Gasteiger partial charge in [-0.15, -0.1) is 5.10 Å². The van der Waals surface area contributed by atoms with Gasteiger partial charge in [0.2, 0.25) is 5.91 Å². The molecule has 1 amide bonds. The van der Waals surface area contributed by atoms with Crippen molar-refractivity contribution in [2.75, 3.05) is 5.32 Å². The van der Waals surface area contributed by atoms with Gasteiger partial charge < -0.3 is 10.4 Å². The second kappa shape index (κ2) is 8.07. The number of benzene rings is 1. The van der Waals surface area contributed by atoms with E-state index in [1.54, 1.807) is 0 Å². The van der Waals surface area contributed by atoms with Gasteiger partial charge in [0.15, 0.2) is 0 Å². The lowest BCUT2D eigenvalue weighted by molar-refractivity contribution is -0.136. The highest BCUT2D eigenvalue weighted by molar-refractivity contribution is 5.90. The van der Waals surface area contributed by atoms with Crippen LogP contribution in [0.1, 0.15) is 31.0 Å². The number of carbonyl (C=O) groups is 2. The van der Waals surface area contributed by atoms with Crippen LogP contribution in [0.5, 0.6) is 0 Å². The lowest BCUT2D eigenvalue weighted by Gasteiger charge is -2.08. The number of nitrogens with zero attached hydrogens (tertiary/aromatic N) is 3. The minimum absolute atomic E-state index is 0.0692. The maximum atomic E-state index is 12.0. The number of amides is 1. The predicted molar refractivity (Wildman–Crippen MR) is 85.0 cm³/mol. The molecule has 7 heteroatoms. The molecule has 0 radical (unpaired) electrons. The molecule has 1 aromatic heterocycles. The maximum absolute atomic E-state index is 12.0. The molecular weight excluding hydrogens is 296 g/mol. The van der Waals surface area contributed by atoms with Gasteiger partial charge in [-0.1, -0.05) is 30.7 Å². The third-order valence-electron chi connectivity index (χ3n) is 3.38. The van der Waals surface area contributed by atoms with Gasteiger partial charge in [0.25, 0.3) is 0 Å². The Hall–Kier alpha value is -2.70. The van der Waals surface area contributed by atoms with Crippen LogP contribution in [-0.4, -0.2) is 32.0 Å². The normalized spacial score (nSPS) is 10.5. The molecule has 0 saturated heterocycles. The lowest BCUT2D eigenvalue weighted by atomic mass is 10.1. The van der Waals surface area contributed by atoms with E-state index in [1.165, 1.54) is 16.4 Å². The summed E-state index contributed by atoms with van der Waals surface area (Å²) >= 11 is 0. The largest absolute Gasteiger partial charge is 0.481 e. The zero-order valence-corrected chi connectivity index (χ0v) is 13.0. The summed E-state index contributed by atoms with van der Waals surface area (Å²) in [7, 11) is 0. The molecule has 0 atom stereocenters. The molecule has 0 spiro atoms. The number of rotatable bonds is 8. The molecule has 0 aliphatic rings. The highest BCUT2D eigenvalue weighted by Gasteiger charge is 2.11. The number of hydrogen-bond donors (Lipinski definition) is 2. The van der Waals surface area contributed by atoms with Crippen LogP contribution in [-0.2, 0) is 29.0 Å². The number of carboxylic acids is 1. The van der Waals surface area contributed by atoms with Gasteiger partial charge in [-0.25, -0.2) is 4.68 Å². The van der Waals surface area contributed by atoms with Crippen molar-refractivity contribution in [1.82, 2.24) is 15.0 Å². The Kier molecular flexibility index (Phi) is 5.85. The Labute approximate surface area is 134 Å². The molecule has 2 N–H and O–H groups in total. The summed E-state index contributed by atoms with van der Waals surface area (Å²) in [6.45, 7) is 2.08. The average Bonchev–Trinajstić information content (AvgIpc) is 2.92. The van der Waals surface area contributed by atoms with Crippen LogP contribution in [0.3, 0.4) is 0 Å². The summed E-state index contributed by atoms with van der Waals surface area (Å²) < 4.78 is 1.29. The highest BCUT2D eigenvalue weighted by Crippen LogP contribution is 2.12. The minimum Gasteiger partial charge on any atom is -0.481 e. The minimum atomic E-state index is -0.989. The first-order valence-electron chi connectivity index (χ1n) is 7.56. The standard InChI is InChI=1S/C16H20N4O3/c1-2-3-4-12-5-7-13(8-6-12)18-15(21)11-20-14(9-16(22)23)10-17-19-20/h5-8,10H,2-4,9,11H2,1H3,(H,18,21)(H,22,23). The molecule has 1 aromatic carbocycles. The van der Waals surface area contributed by atoms with Crippen molar-refractivity contribution in [3.8, 4) is 0 Å². The summed E-state index contributed by atoms with van der Waals surface area (Å²) in [6.07, 6.45) is 4.46. The smallest absolute Gasteiger partial charge is 0.309 e. The average molecular weight is 316 g/mol. The van der Waals surface area contributed by atoms with Crippen LogP contribution in [0.2, 0.25) is 0 Å². The first-order valence-corrected chi connectivity index (χ1v) is 7.56. The van der Waals surface area contributed by atoms with E-state index >= 15 is 0 Å². The second-order valence-corrected chi connectivity index (χ2v) is 5.30. The summed E-state index contributed by atoms with van der Waals surface area (Å²) in [5.41, 5.74) is 2.34. The van der Waals surface area contributed by atoms with Crippen molar-refractivity contribution in [3.05, 3.63) is 41.7 Å². The van der Waals surface area contributed by atoms with E-state index in [2.05, 4.69) is 22.6 Å². The Morgan fingerprint density at radius 1 is 1.26 bits per heavy atom. The van der Waals surface area contributed by atoms with Crippen molar-refractivity contribution in [2.24, 2.45) is 0 Å². The van der Waals surface area contributed by atoms with E-state index in [-0.39, 0.29) is 18.9 Å². The summed E-state index contributed by atoms with van der Waals surface area (Å²) in [4.78, 5) is 22.8. The number of unbranched alkanes of at least 4 members (excludes halogenated alkanes) is 1. The number of carbonyl (C=O) groups excluding carboxylic acids is 1. The fourth-order valence-corrected chi connectivity index (χ4v) is 2.18. The van der Waals surface area contributed by atoms with Gasteiger partial charge in [-0.05, 0) is 30.5 Å². The van der Waals surface area contributed by atoms with Crippen molar-refractivity contribution >= 4 is 17.6 Å². The van der Waals surface area contributed by atoms with Gasteiger partial charge in [-0.2, -0.15) is 0 Å². The zero-order chi connectivity index (χ0) is 16.7. The summed E-state index contributed by atoms with van der Waals surface area (Å²) in [6, 6.07) is 7.72. The van der Waals surface area contributed by atoms with Crippen LogP contribution in [0.15, 0.2) is 30.5 Å². The number of carboxylic acid groups (broad SMARTS) is 1. The number of aryl methyl sites for hydroxylation is 1. The molecule has 0 fully saturated rings. The van der Waals surface area contributed by atoms with Gasteiger partial charge in [0, 0.05) is 5.69 Å². The second-order valence-electron chi connectivity index (χ2n) is 5.30. The van der Waals surface area contributed by atoms with Gasteiger partial charge in [0.05, 0.1) is 18.3 Å². The number of aliphatic carboxylic acids is 1. The first kappa shape index (κ1) is 16.7. The summed E-state index contributed by atoms with van der Waals surface area (Å²) in [5, 5.41) is 19.0. The van der Waals surface area contributed by atoms with Gasteiger partial charge >= 0.3 is 5.97 Å². The maximum Gasteiger partial charge on any atom is 0.309 e. The van der Waals surface area contributed by atoms with E-state index < -0.39 is 5.97 Å². The molecule has 23 heavy (non-hydrogen) atoms. The third-order valence-corrected chi connectivity index (χ3v) is 3.38. The number of nitrogens with one attached hydrogen (secondary N) is 1. The molecule has 2 aromatic rings. The molecule has 2 rings (SSSR count). The highest BCUT2D eigenvalue weighted by atomic mass is 16.4. The van der Waals surface area contributed by atoms with E-state index in [9.17, 15) is 9.59 Å². The Bertz CT molecular complexity index is 664. The number of aromatic nitrogens is 3. The lowest BCUT2D eigenvalue weighted by Crippen LogP contribution is -2.21. The SMILES string of the molecule is CCCCc1ccc(NC(=O)Cn2nncc2CC(=O)O)cc1. The van der Waals surface area contributed by atoms with E-state index in [0.717, 1.165) is 19.3 Å². The molecular formula is C16H20N4O3. The monoisotopic (exact) mass is 316 g/mol. The third kappa shape index (κ3) is 5.21. The van der Waals surface area contributed by atoms with Crippen LogP contribution in [0.4, 0.5) is 5.69 Å². The van der Waals surface area contributed by atoms with E-state index in [4.69, 9.17) is 5.11 Å². The zero-order valence-electron chi connectivity index (χ0n) is 13.0. The van der Waals surface area contributed by atoms with Crippen LogP contribution in [0.25, 0.3) is 0 Å². The molecule has 1 heterocycles. The fraction of sp³-hybridized carbons (Fsp3) is 0.375. The molecule has 0 saturated carbocycles. The molecule has 7 nitrogen and oxygen atoms in total. The Morgan fingerprint density at radius 3 is 2.65 bits per heavy atom.